The van der Waals surface area contributed by atoms with Gasteiger partial charge in [0, 0.05) is 6.42 Å². The van der Waals surface area contributed by atoms with Gasteiger partial charge in [-0.05, 0) is 18.4 Å². The number of benzene rings is 1. The Bertz CT molecular complexity index is 499. The molecule has 0 saturated carbocycles. The SMILES string of the molecule is Cc1ccc([C@@H](N)c2n[nH]c(CC(C)C)n2)cc1. The third kappa shape index (κ3) is 2.96. The summed E-state index contributed by atoms with van der Waals surface area (Å²) < 4.78 is 0. The van der Waals surface area contributed by atoms with Crippen LogP contribution in [0, 0.1) is 12.8 Å². The van der Waals surface area contributed by atoms with Crippen LogP contribution in [0.4, 0.5) is 0 Å². The molecule has 0 aliphatic heterocycles. The second kappa shape index (κ2) is 5.31. The van der Waals surface area contributed by atoms with Gasteiger partial charge in [0.2, 0.25) is 0 Å². The zero-order valence-corrected chi connectivity index (χ0v) is 11.1. The number of aromatic amines is 1. The first kappa shape index (κ1) is 12.8. The van der Waals surface area contributed by atoms with Gasteiger partial charge in [-0.25, -0.2) is 4.98 Å². The first-order chi connectivity index (χ1) is 8.56. The third-order valence-electron chi connectivity index (χ3n) is 2.87. The van der Waals surface area contributed by atoms with Gasteiger partial charge in [-0.1, -0.05) is 43.7 Å². The van der Waals surface area contributed by atoms with Gasteiger partial charge in [-0.3, -0.25) is 5.10 Å². The van der Waals surface area contributed by atoms with Gasteiger partial charge in [0.05, 0.1) is 6.04 Å². The molecule has 0 saturated heterocycles. The summed E-state index contributed by atoms with van der Waals surface area (Å²) in [6, 6.07) is 7.90. The Labute approximate surface area is 108 Å². The van der Waals surface area contributed by atoms with E-state index in [0.29, 0.717) is 11.7 Å². The molecule has 0 amide bonds. The molecule has 4 nitrogen and oxygen atoms in total. The van der Waals surface area contributed by atoms with Gasteiger partial charge in [0.15, 0.2) is 5.82 Å². The smallest absolute Gasteiger partial charge is 0.171 e. The summed E-state index contributed by atoms with van der Waals surface area (Å²) in [4.78, 5) is 4.46. The Morgan fingerprint density at radius 3 is 2.50 bits per heavy atom. The van der Waals surface area contributed by atoms with Crippen LogP contribution in [0.25, 0.3) is 0 Å². The number of hydrogen-bond acceptors (Lipinski definition) is 3. The summed E-state index contributed by atoms with van der Waals surface area (Å²) in [7, 11) is 0. The van der Waals surface area contributed by atoms with Gasteiger partial charge >= 0.3 is 0 Å². The van der Waals surface area contributed by atoms with E-state index in [9.17, 15) is 0 Å². The molecular weight excluding hydrogens is 224 g/mol. The molecule has 0 aliphatic rings. The molecule has 18 heavy (non-hydrogen) atoms. The van der Waals surface area contributed by atoms with E-state index in [1.165, 1.54) is 5.56 Å². The lowest BCUT2D eigenvalue weighted by Crippen LogP contribution is -2.13. The highest BCUT2D eigenvalue weighted by Crippen LogP contribution is 2.17. The summed E-state index contributed by atoms with van der Waals surface area (Å²) in [6.45, 7) is 6.37. The van der Waals surface area contributed by atoms with Crippen LogP contribution in [0.15, 0.2) is 24.3 Å². The summed E-state index contributed by atoms with van der Waals surface area (Å²) in [6.07, 6.45) is 0.896. The predicted octanol–water partition coefficient (Wildman–Crippen LogP) is 2.36. The first-order valence-corrected chi connectivity index (χ1v) is 6.29. The molecule has 4 heteroatoms. The highest BCUT2D eigenvalue weighted by Gasteiger charge is 2.14. The normalized spacial score (nSPS) is 12.9. The summed E-state index contributed by atoms with van der Waals surface area (Å²) in [5.41, 5.74) is 8.43. The van der Waals surface area contributed by atoms with Gasteiger partial charge < -0.3 is 5.73 Å². The molecule has 0 bridgehead atoms. The number of nitrogens with two attached hydrogens (primary N) is 1. The maximum atomic E-state index is 6.17. The molecule has 0 fully saturated rings. The maximum absolute atomic E-state index is 6.17. The van der Waals surface area contributed by atoms with Crippen molar-refractivity contribution in [1.29, 1.82) is 0 Å². The lowest BCUT2D eigenvalue weighted by Gasteiger charge is -2.07. The fraction of sp³-hybridized carbons (Fsp3) is 0.429. The number of aromatic nitrogens is 3. The van der Waals surface area contributed by atoms with Crippen LogP contribution >= 0.6 is 0 Å². The van der Waals surface area contributed by atoms with Gasteiger partial charge in [0.25, 0.3) is 0 Å². The topological polar surface area (TPSA) is 67.6 Å². The number of nitrogens with zero attached hydrogens (tertiary/aromatic N) is 2. The minimum atomic E-state index is -0.261. The highest BCUT2D eigenvalue weighted by molar-refractivity contribution is 5.27. The monoisotopic (exact) mass is 244 g/mol. The first-order valence-electron chi connectivity index (χ1n) is 6.29. The van der Waals surface area contributed by atoms with Crippen LogP contribution in [0.1, 0.15) is 42.7 Å². The van der Waals surface area contributed by atoms with Crippen LogP contribution in [0.2, 0.25) is 0 Å². The molecule has 96 valence electrons. The van der Waals surface area contributed by atoms with E-state index in [1.54, 1.807) is 0 Å². The van der Waals surface area contributed by atoms with E-state index >= 15 is 0 Å². The Hall–Kier alpha value is -1.68. The zero-order valence-electron chi connectivity index (χ0n) is 11.1. The van der Waals surface area contributed by atoms with E-state index in [4.69, 9.17) is 5.73 Å². The lowest BCUT2D eigenvalue weighted by atomic mass is 10.1. The van der Waals surface area contributed by atoms with E-state index < -0.39 is 0 Å². The molecule has 0 unspecified atom stereocenters. The van der Waals surface area contributed by atoms with E-state index in [0.717, 1.165) is 17.8 Å². The number of H-pyrrole nitrogens is 1. The standard InChI is InChI=1S/C14H20N4/c1-9(2)8-12-16-14(18-17-12)13(15)11-6-4-10(3)5-7-11/h4-7,9,13H,8,15H2,1-3H3,(H,16,17,18)/t13-/m1/s1. The van der Waals surface area contributed by atoms with Crippen LogP contribution in [-0.4, -0.2) is 15.2 Å². The Kier molecular flexibility index (Phi) is 3.77. The van der Waals surface area contributed by atoms with Crippen molar-refractivity contribution in [2.24, 2.45) is 11.7 Å². The molecule has 2 rings (SSSR count). The summed E-state index contributed by atoms with van der Waals surface area (Å²) >= 11 is 0. The molecule has 1 atom stereocenters. The second-order valence-electron chi connectivity index (χ2n) is 5.13. The fourth-order valence-electron chi connectivity index (χ4n) is 1.85. The molecule has 1 aromatic carbocycles. The minimum absolute atomic E-state index is 0.261. The zero-order chi connectivity index (χ0) is 13.1. The molecule has 2 aromatic rings. The van der Waals surface area contributed by atoms with Crippen LogP contribution < -0.4 is 5.73 Å². The molecular formula is C14H20N4. The average molecular weight is 244 g/mol. The molecule has 0 radical (unpaired) electrons. The predicted molar refractivity (Wildman–Crippen MR) is 72.1 cm³/mol. The Morgan fingerprint density at radius 2 is 1.89 bits per heavy atom. The van der Waals surface area contributed by atoms with E-state index in [1.807, 2.05) is 12.1 Å². The quantitative estimate of drug-likeness (QED) is 0.867. The lowest BCUT2D eigenvalue weighted by molar-refractivity contribution is 0.622. The average Bonchev–Trinajstić information content (AvgIpc) is 2.76. The van der Waals surface area contributed by atoms with Crippen LogP contribution in [0.5, 0.6) is 0 Å². The molecule has 1 aromatic heterocycles. The Balaban J connectivity index is 2.15. The van der Waals surface area contributed by atoms with Crippen LogP contribution in [-0.2, 0) is 6.42 Å². The van der Waals surface area contributed by atoms with Crippen molar-refractivity contribution in [2.75, 3.05) is 0 Å². The van der Waals surface area contributed by atoms with Crippen molar-refractivity contribution in [3.63, 3.8) is 0 Å². The number of rotatable bonds is 4. The molecule has 3 N–H and O–H groups in total. The van der Waals surface area contributed by atoms with Crippen molar-refractivity contribution < 1.29 is 0 Å². The molecule has 0 aliphatic carbocycles. The van der Waals surface area contributed by atoms with Crippen molar-refractivity contribution in [3.8, 4) is 0 Å². The summed E-state index contributed by atoms with van der Waals surface area (Å²) in [5.74, 6) is 2.12. The minimum Gasteiger partial charge on any atom is -0.318 e. The van der Waals surface area contributed by atoms with Crippen molar-refractivity contribution in [1.82, 2.24) is 15.2 Å². The van der Waals surface area contributed by atoms with Crippen molar-refractivity contribution >= 4 is 0 Å². The van der Waals surface area contributed by atoms with Gasteiger partial charge in [0.1, 0.15) is 5.82 Å². The maximum Gasteiger partial charge on any atom is 0.171 e. The third-order valence-corrected chi connectivity index (χ3v) is 2.87. The van der Waals surface area contributed by atoms with Gasteiger partial charge in [-0.15, -0.1) is 0 Å². The van der Waals surface area contributed by atoms with Crippen molar-refractivity contribution in [2.45, 2.75) is 33.2 Å². The Morgan fingerprint density at radius 1 is 1.22 bits per heavy atom. The van der Waals surface area contributed by atoms with E-state index in [2.05, 4.69) is 48.1 Å². The largest absolute Gasteiger partial charge is 0.318 e. The van der Waals surface area contributed by atoms with Gasteiger partial charge in [-0.2, -0.15) is 5.10 Å². The number of aryl methyl sites for hydroxylation is 1. The molecule has 1 heterocycles. The van der Waals surface area contributed by atoms with E-state index in [-0.39, 0.29) is 6.04 Å². The summed E-state index contributed by atoms with van der Waals surface area (Å²) in [5, 5.41) is 7.16. The highest BCUT2D eigenvalue weighted by atomic mass is 15.2. The molecule has 0 spiro atoms. The number of hydrogen-bond donors (Lipinski definition) is 2. The van der Waals surface area contributed by atoms with Crippen LogP contribution in [0.3, 0.4) is 0 Å². The van der Waals surface area contributed by atoms with Crippen molar-refractivity contribution in [3.05, 3.63) is 47.0 Å². The number of nitrogens with one attached hydrogen (secondary N) is 1. The second-order valence-corrected chi connectivity index (χ2v) is 5.13. The fourth-order valence-corrected chi connectivity index (χ4v) is 1.85.